The lowest BCUT2D eigenvalue weighted by Gasteiger charge is -2.34. The lowest BCUT2D eigenvalue weighted by molar-refractivity contribution is -0.140. The summed E-state index contributed by atoms with van der Waals surface area (Å²) in [6.45, 7) is 21.2. The molecule has 752 valence electrons. The number of aliphatic hydroxyl groups is 1. The molecule has 1 aliphatic heterocycles. The van der Waals surface area contributed by atoms with E-state index in [9.17, 15) is 82.4 Å². The van der Waals surface area contributed by atoms with Crippen molar-refractivity contribution in [1.82, 2.24) is 90.1 Å². The van der Waals surface area contributed by atoms with Crippen LogP contribution in [-0.4, -0.2) is 240 Å². The maximum absolute atomic E-state index is 15.5. The molecular weight excluding hydrogens is 1790 g/mol. The Balaban J connectivity index is 1.61. The number of rotatable bonds is 37. The SMILES string of the molecule is CC(=O)N[C@@H](CC(C)C)C(=O)N[C@H](C(=O)N[C@@H](Cc1ccccc1)C(=O)N[C@]1(C)CCCCC#CC#CCCC[C@@](C)(C(=O)N[C@@H](C)C(=O)N[C@@H](C)C(=O)N[C@@H](C)C(=O)N[C@@H](C)C(=O)NC(C)C(=O)N[C@H](C)C(N)=O)NC(=O)[C@H](CC(C)C)CC(=O)[C@H](CCC(N)=O)NC(=O)[C@H](C)NC(=O)[C@H](Cc2c[nH]c3ccccc23)NC(=O)[C@H](Cc2ccc(O)cc2)NC(=O)[C@H](CCC(=O)O)NC1=O)[C@@H](C)O. The fourth-order valence-electron chi connectivity index (χ4n) is 14.7. The van der Waals surface area contributed by atoms with Gasteiger partial charge in [0.05, 0.1) is 12.1 Å². The zero-order valence-electron chi connectivity index (χ0n) is 80.7. The number of hydrogen-bond donors (Lipinski definition) is 22. The number of carbonyl (C=O) groups is 20. The highest BCUT2D eigenvalue weighted by molar-refractivity contribution is 6.03. The van der Waals surface area contributed by atoms with Gasteiger partial charge in [0.2, 0.25) is 106 Å². The van der Waals surface area contributed by atoms with Crippen LogP contribution in [0.5, 0.6) is 5.75 Å². The van der Waals surface area contributed by atoms with Crippen LogP contribution in [0.4, 0.5) is 0 Å². The average Bonchev–Trinajstić information content (AvgIpc) is 1.57. The van der Waals surface area contributed by atoms with Gasteiger partial charge in [-0.2, -0.15) is 0 Å². The highest BCUT2D eigenvalue weighted by atomic mass is 16.4. The second-order valence-corrected chi connectivity index (χ2v) is 36.2. The van der Waals surface area contributed by atoms with Crippen LogP contribution in [0.3, 0.4) is 0 Å². The summed E-state index contributed by atoms with van der Waals surface area (Å²) in [7, 11) is 0. The molecule has 42 heteroatoms. The van der Waals surface area contributed by atoms with E-state index in [-0.39, 0.29) is 88.2 Å². The van der Waals surface area contributed by atoms with Crippen LogP contribution in [0.25, 0.3) is 10.9 Å². The number of carboxylic acids is 1. The number of nitrogens with two attached hydrogens (primary N) is 2. The van der Waals surface area contributed by atoms with Crippen LogP contribution in [0.1, 0.15) is 210 Å². The number of aliphatic carboxylic acids is 1. The predicted octanol–water partition coefficient (Wildman–Crippen LogP) is -0.987. The number of ketones is 1. The number of carboxylic acid groups (broad SMARTS) is 1. The summed E-state index contributed by atoms with van der Waals surface area (Å²) >= 11 is 0. The van der Waals surface area contributed by atoms with E-state index in [2.05, 4.69) is 114 Å². The standard InChI is InChI=1S/C96H135N19O23/c1-51(2)44-64-49-75(119)69(38-40-76(97)120)108-85(129)58(10)105-88(132)74(48-65-50-99-68-33-27-26-32-67(65)68)110-89(133)72(47-63-34-36-66(118)37-35-63)109-87(131)70(39-41-77(121)122)112-94(138)96(15,115-91(135)73(46-62-30-24-23-25-31-62)111-92(136)78(60(12)116)113-90(134)71(45-52(3)4)107-61(13)117)43-29-22-20-18-16-17-19-21-28-42-95(14,114-86(64)130)93(137)106-59(11)84(128)104-57(9)83(127)103-56(8)82(126)102-55(7)81(125)101-54(6)80(124)100-53(5)79(98)123/h23-27,30-37,50-60,64,69-74,78,99,116,118H,20-22,28-29,38-49H2,1-15H3,(H2,97,120)(H2,98,123)(H,100,124)(H,101,125)(H,102,126)(H,103,127)(H,104,128)(H,105,132)(H,106,137)(H,107,117)(H,108,129)(H,109,131)(H,110,133)(H,111,136)(H,112,138)(H,113,134)(H,114,130)(H,115,135)(H,121,122)/t53-,54?,55+,56+,57+,58+,59+,60-,64-,69+,70+,71+,72+,73+,74+,78+,95+,96-/m1/s1. The third-order valence-corrected chi connectivity index (χ3v) is 22.9. The van der Waals surface area contributed by atoms with Gasteiger partial charge in [0.15, 0.2) is 5.78 Å². The van der Waals surface area contributed by atoms with E-state index in [4.69, 9.17) is 11.5 Å². The molecule has 3 aromatic carbocycles. The first-order valence-corrected chi connectivity index (χ1v) is 46.0. The van der Waals surface area contributed by atoms with Crippen molar-refractivity contribution in [2.24, 2.45) is 29.2 Å². The van der Waals surface area contributed by atoms with Crippen molar-refractivity contribution in [1.29, 1.82) is 0 Å². The van der Waals surface area contributed by atoms with Gasteiger partial charge in [-0.15, -0.1) is 0 Å². The fourth-order valence-corrected chi connectivity index (χ4v) is 14.7. The fraction of sp³-hybridized carbons (Fsp3) is 0.542. The molecule has 18 atom stereocenters. The van der Waals surface area contributed by atoms with Crippen molar-refractivity contribution in [2.75, 3.05) is 0 Å². The first kappa shape index (κ1) is 114. The molecule has 0 saturated heterocycles. The summed E-state index contributed by atoms with van der Waals surface area (Å²) in [5, 5.41) is 73.2. The molecule has 0 fully saturated rings. The lowest BCUT2D eigenvalue weighted by atomic mass is 9.86. The summed E-state index contributed by atoms with van der Waals surface area (Å²) < 4.78 is 0. The predicted molar refractivity (Wildman–Crippen MR) is 506 cm³/mol. The average molecular weight is 1920 g/mol. The molecule has 0 aliphatic carbocycles. The van der Waals surface area contributed by atoms with E-state index in [1.807, 2.05) is 0 Å². The number of phenols is 1. The first-order chi connectivity index (χ1) is 64.8. The van der Waals surface area contributed by atoms with Gasteiger partial charge >= 0.3 is 5.97 Å². The van der Waals surface area contributed by atoms with Crippen LogP contribution < -0.4 is 96.5 Å². The van der Waals surface area contributed by atoms with Crippen LogP contribution in [-0.2, 0) is 115 Å². The van der Waals surface area contributed by atoms with Crippen molar-refractivity contribution in [3.05, 3.63) is 102 Å². The summed E-state index contributed by atoms with van der Waals surface area (Å²) in [5.41, 5.74) is 8.56. The maximum Gasteiger partial charge on any atom is 0.303 e. The number of nitrogens with one attached hydrogen (secondary N) is 17. The minimum absolute atomic E-state index is 0.0103. The molecular formula is C96H135N19O23. The molecule has 24 N–H and O–H groups in total. The number of carbonyl (C=O) groups excluding carboxylic acids is 19. The molecule has 18 amide bonds. The second kappa shape index (κ2) is 55.0. The maximum atomic E-state index is 15.5. The van der Waals surface area contributed by atoms with Gasteiger partial charge in [0, 0.05) is 81.3 Å². The van der Waals surface area contributed by atoms with E-state index in [1.54, 1.807) is 88.5 Å². The summed E-state index contributed by atoms with van der Waals surface area (Å²) in [4.78, 5) is 283. The Hall–Kier alpha value is -14.3. The largest absolute Gasteiger partial charge is 0.508 e. The number of fused-ring (bicyclic) bond motifs is 1. The molecule has 138 heavy (non-hydrogen) atoms. The second-order valence-electron chi connectivity index (χ2n) is 36.2. The van der Waals surface area contributed by atoms with Gasteiger partial charge in [-0.1, -0.05) is 100 Å². The molecule has 1 aliphatic rings. The molecule has 0 spiro atoms. The number of aromatic amines is 1. The molecule has 1 unspecified atom stereocenters. The van der Waals surface area contributed by atoms with Gasteiger partial charge in [0.25, 0.3) is 0 Å². The third-order valence-electron chi connectivity index (χ3n) is 22.9. The van der Waals surface area contributed by atoms with E-state index in [0.717, 1.165) is 0 Å². The van der Waals surface area contributed by atoms with E-state index in [0.29, 0.717) is 27.6 Å². The number of Topliss-reactive ketones (excluding diaryl/α,β-unsaturated/α-hetero) is 1. The zero-order chi connectivity index (χ0) is 103. The van der Waals surface area contributed by atoms with Gasteiger partial charge in [-0.25, -0.2) is 0 Å². The Morgan fingerprint density at radius 3 is 1.55 bits per heavy atom. The number of aromatic hydroxyl groups is 1. The smallest absolute Gasteiger partial charge is 0.303 e. The summed E-state index contributed by atoms with van der Waals surface area (Å²) in [6, 6.07) is -0.0772. The monoisotopic (exact) mass is 1920 g/mol. The van der Waals surface area contributed by atoms with Crippen LogP contribution in [0.2, 0.25) is 0 Å². The van der Waals surface area contributed by atoms with E-state index < -0.39 is 264 Å². The number of aromatic nitrogens is 1. The Morgan fingerprint density at radius 1 is 0.500 bits per heavy atom. The quantitative estimate of drug-likeness (QED) is 0.0241. The minimum Gasteiger partial charge on any atom is -0.508 e. The van der Waals surface area contributed by atoms with Crippen LogP contribution >= 0.6 is 0 Å². The summed E-state index contributed by atoms with van der Waals surface area (Å²) in [6.07, 6.45) is -4.13. The molecule has 1 aromatic heterocycles. The molecule has 5 rings (SSSR count). The number of phenolic OH excluding ortho intramolecular Hbond substituents is 1. The molecule has 0 bridgehead atoms. The highest BCUT2D eigenvalue weighted by Crippen LogP contribution is 2.26. The van der Waals surface area contributed by atoms with E-state index >= 15 is 28.8 Å². The van der Waals surface area contributed by atoms with Crippen LogP contribution in [0, 0.1) is 41.4 Å². The Labute approximate surface area is 801 Å². The van der Waals surface area contributed by atoms with Gasteiger partial charge in [-0.3, -0.25) is 95.9 Å². The molecule has 2 heterocycles. The van der Waals surface area contributed by atoms with Gasteiger partial charge < -0.3 is 117 Å². The zero-order valence-corrected chi connectivity index (χ0v) is 80.7. The van der Waals surface area contributed by atoms with Crippen molar-refractivity contribution < 1.29 is 111 Å². The topological polar surface area (TPSA) is 662 Å². The first-order valence-electron chi connectivity index (χ1n) is 46.0. The third kappa shape index (κ3) is 38.1. The molecule has 4 aromatic rings. The Bertz CT molecular complexity index is 5160. The Kier molecular flexibility index (Phi) is 45.5. The Morgan fingerprint density at radius 2 is 1.01 bits per heavy atom. The van der Waals surface area contributed by atoms with Gasteiger partial charge in [-0.05, 0) is 186 Å². The van der Waals surface area contributed by atoms with Crippen molar-refractivity contribution in [3.8, 4) is 29.4 Å². The summed E-state index contributed by atoms with van der Waals surface area (Å²) in [5.74, 6) is -9.48. The molecule has 42 nitrogen and oxygen atoms in total. The number of H-pyrrole nitrogens is 1. The van der Waals surface area contributed by atoms with Crippen molar-refractivity contribution in [2.45, 2.75) is 315 Å². The van der Waals surface area contributed by atoms with Crippen molar-refractivity contribution in [3.63, 3.8) is 0 Å². The molecule has 0 saturated carbocycles. The number of benzene rings is 3. The number of amides is 18. The van der Waals surface area contributed by atoms with Crippen LogP contribution in [0.15, 0.2) is 85.1 Å². The lowest BCUT2D eigenvalue weighted by Crippen LogP contribution is -2.65. The molecule has 0 radical (unpaired) electrons. The van der Waals surface area contributed by atoms with E-state index in [1.165, 1.54) is 100 Å². The number of para-hydroxylation sites is 1. The number of primary amides is 2. The van der Waals surface area contributed by atoms with Crippen molar-refractivity contribution >= 4 is 129 Å². The minimum atomic E-state index is -2.14. The highest BCUT2D eigenvalue weighted by Gasteiger charge is 2.44. The normalized spacial score (nSPS) is 21.3. The van der Waals surface area contributed by atoms with Gasteiger partial charge in [0.1, 0.15) is 95.4 Å². The number of hydrogen-bond acceptors (Lipinski definition) is 22. The number of aliphatic hydroxyl groups excluding tert-OH is 1.